The molecule has 4 heteroatoms. The first-order chi connectivity index (χ1) is 12.6. The fourth-order valence-electron chi connectivity index (χ4n) is 3.39. The molecular formula is C22H27NO3. The normalized spacial score (nSPS) is 14.2. The second kappa shape index (κ2) is 8.75. The van der Waals surface area contributed by atoms with Crippen LogP contribution in [0.15, 0.2) is 42.5 Å². The van der Waals surface area contributed by atoms with Crippen LogP contribution in [0, 0.1) is 6.92 Å². The van der Waals surface area contributed by atoms with Gasteiger partial charge in [-0.15, -0.1) is 0 Å². The van der Waals surface area contributed by atoms with E-state index >= 15 is 0 Å². The van der Waals surface area contributed by atoms with Gasteiger partial charge in [-0.3, -0.25) is 4.79 Å². The summed E-state index contributed by atoms with van der Waals surface area (Å²) in [6.07, 6.45) is 6.31. The molecule has 138 valence electrons. The predicted molar refractivity (Wildman–Crippen MR) is 104 cm³/mol. The quantitative estimate of drug-likeness (QED) is 0.770. The molecule has 1 fully saturated rings. The molecule has 0 saturated heterocycles. The predicted octanol–water partition coefficient (Wildman–Crippen LogP) is 4.90. The lowest BCUT2D eigenvalue weighted by Crippen LogP contribution is -2.13. The molecule has 0 bridgehead atoms. The van der Waals surface area contributed by atoms with Crippen molar-refractivity contribution in [2.24, 2.45) is 0 Å². The number of aryl methyl sites for hydroxylation is 2. The van der Waals surface area contributed by atoms with Gasteiger partial charge in [-0.25, -0.2) is 0 Å². The van der Waals surface area contributed by atoms with Gasteiger partial charge in [-0.1, -0.05) is 12.1 Å². The zero-order chi connectivity index (χ0) is 18.4. The molecule has 26 heavy (non-hydrogen) atoms. The summed E-state index contributed by atoms with van der Waals surface area (Å²) in [4.78, 5) is 12.2. The van der Waals surface area contributed by atoms with Gasteiger partial charge in [0.15, 0.2) is 0 Å². The minimum atomic E-state index is 0.0166. The van der Waals surface area contributed by atoms with Gasteiger partial charge in [-0.05, 0) is 80.5 Å². The summed E-state index contributed by atoms with van der Waals surface area (Å²) >= 11 is 0. The maximum Gasteiger partial charge on any atom is 0.224 e. The molecule has 1 saturated carbocycles. The van der Waals surface area contributed by atoms with E-state index < -0.39 is 0 Å². The number of amides is 1. The summed E-state index contributed by atoms with van der Waals surface area (Å²) < 4.78 is 11.2. The van der Waals surface area contributed by atoms with Gasteiger partial charge in [0.05, 0.1) is 13.2 Å². The molecule has 0 heterocycles. The number of rotatable bonds is 7. The van der Waals surface area contributed by atoms with Gasteiger partial charge in [0, 0.05) is 12.1 Å². The van der Waals surface area contributed by atoms with Gasteiger partial charge >= 0.3 is 0 Å². The van der Waals surface area contributed by atoms with E-state index in [1.165, 1.54) is 12.8 Å². The first kappa shape index (κ1) is 18.3. The van der Waals surface area contributed by atoms with Crippen LogP contribution in [-0.4, -0.2) is 19.1 Å². The summed E-state index contributed by atoms with van der Waals surface area (Å²) in [7, 11) is 1.67. The third-order valence-electron chi connectivity index (χ3n) is 4.84. The zero-order valence-electron chi connectivity index (χ0n) is 15.6. The van der Waals surface area contributed by atoms with E-state index in [4.69, 9.17) is 9.47 Å². The number of hydrogen-bond acceptors (Lipinski definition) is 3. The van der Waals surface area contributed by atoms with Crippen molar-refractivity contribution in [1.29, 1.82) is 0 Å². The SMILES string of the molecule is COc1ccc(CCC(=O)Nc2ccc(OC3CCCC3)cc2)cc1C. The second-order valence-electron chi connectivity index (χ2n) is 6.90. The Morgan fingerprint density at radius 3 is 2.50 bits per heavy atom. The number of carbonyl (C=O) groups excluding carboxylic acids is 1. The Morgan fingerprint density at radius 1 is 1.12 bits per heavy atom. The molecule has 4 nitrogen and oxygen atoms in total. The van der Waals surface area contributed by atoms with Crippen molar-refractivity contribution < 1.29 is 14.3 Å². The number of ether oxygens (including phenoxy) is 2. The fraction of sp³-hybridized carbons (Fsp3) is 0.409. The second-order valence-corrected chi connectivity index (χ2v) is 6.90. The molecule has 1 aliphatic rings. The lowest BCUT2D eigenvalue weighted by Gasteiger charge is -2.13. The Balaban J connectivity index is 1.47. The molecule has 0 spiro atoms. The van der Waals surface area contributed by atoms with Gasteiger partial charge in [-0.2, -0.15) is 0 Å². The summed E-state index contributed by atoms with van der Waals surface area (Å²) in [5.74, 6) is 1.77. The van der Waals surface area contributed by atoms with Crippen molar-refractivity contribution in [1.82, 2.24) is 0 Å². The Morgan fingerprint density at radius 2 is 1.85 bits per heavy atom. The van der Waals surface area contributed by atoms with Crippen LogP contribution in [0.4, 0.5) is 5.69 Å². The molecule has 3 rings (SSSR count). The Labute approximate surface area is 155 Å². The standard InChI is InChI=1S/C22H27NO3/c1-16-15-17(7-13-21(16)25-2)8-14-22(24)23-18-9-11-20(12-10-18)26-19-5-3-4-6-19/h7,9-13,15,19H,3-6,8,14H2,1-2H3,(H,23,24). The van der Waals surface area contributed by atoms with Gasteiger partial charge in [0.2, 0.25) is 5.91 Å². The number of methoxy groups -OCH3 is 1. The highest BCUT2D eigenvalue weighted by molar-refractivity contribution is 5.90. The van der Waals surface area contributed by atoms with Crippen molar-refractivity contribution in [3.05, 3.63) is 53.6 Å². The van der Waals surface area contributed by atoms with Gasteiger partial charge in [0.25, 0.3) is 0 Å². The summed E-state index contributed by atoms with van der Waals surface area (Å²) in [5.41, 5.74) is 3.03. The van der Waals surface area contributed by atoms with Gasteiger partial charge in [0.1, 0.15) is 11.5 Å². The molecule has 2 aromatic rings. The number of benzene rings is 2. The van der Waals surface area contributed by atoms with Crippen LogP contribution in [0.5, 0.6) is 11.5 Å². The van der Waals surface area contributed by atoms with Crippen molar-refractivity contribution in [3.63, 3.8) is 0 Å². The lowest BCUT2D eigenvalue weighted by atomic mass is 10.1. The van der Waals surface area contributed by atoms with Crippen LogP contribution in [0.1, 0.15) is 43.2 Å². The van der Waals surface area contributed by atoms with Crippen LogP contribution in [0.25, 0.3) is 0 Å². The van der Waals surface area contributed by atoms with Crippen LogP contribution < -0.4 is 14.8 Å². The summed E-state index contributed by atoms with van der Waals surface area (Å²) in [6, 6.07) is 13.7. The molecule has 1 amide bonds. The van der Waals surface area contributed by atoms with E-state index in [0.717, 1.165) is 41.2 Å². The molecule has 0 aromatic heterocycles. The largest absolute Gasteiger partial charge is 0.496 e. The highest BCUT2D eigenvalue weighted by Gasteiger charge is 2.16. The van der Waals surface area contributed by atoms with Gasteiger partial charge < -0.3 is 14.8 Å². The van der Waals surface area contributed by atoms with E-state index in [9.17, 15) is 4.79 Å². The first-order valence-corrected chi connectivity index (χ1v) is 9.34. The molecule has 0 atom stereocenters. The first-order valence-electron chi connectivity index (χ1n) is 9.34. The average Bonchev–Trinajstić information content (AvgIpc) is 3.15. The molecule has 0 unspecified atom stereocenters. The van der Waals surface area contributed by atoms with Crippen molar-refractivity contribution in [2.75, 3.05) is 12.4 Å². The van der Waals surface area contributed by atoms with Crippen LogP contribution >= 0.6 is 0 Å². The van der Waals surface area contributed by atoms with E-state index in [2.05, 4.69) is 11.4 Å². The van der Waals surface area contributed by atoms with E-state index in [0.29, 0.717) is 18.9 Å². The molecule has 2 aromatic carbocycles. The van der Waals surface area contributed by atoms with Crippen molar-refractivity contribution >= 4 is 11.6 Å². The van der Waals surface area contributed by atoms with E-state index in [1.807, 2.05) is 43.3 Å². The van der Waals surface area contributed by atoms with Crippen molar-refractivity contribution in [3.8, 4) is 11.5 Å². The number of carbonyl (C=O) groups is 1. The average molecular weight is 353 g/mol. The smallest absolute Gasteiger partial charge is 0.224 e. The minimum Gasteiger partial charge on any atom is -0.496 e. The van der Waals surface area contributed by atoms with Crippen LogP contribution in [0.3, 0.4) is 0 Å². The number of anilines is 1. The molecule has 0 aliphatic heterocycles. The molecule has 1 aliphatic carbocycles. The highest BCUT2D eigenvalue weighted by Crippen LogP contribution is 2.25. The Hall–Kier alpha value is -2.49. The number of hydrogen-bond donors (Lipinski definition) is 1. The third kappa shape index (κ3) is 5.01. The summed E-state index contributed by atoms with van der Waals surface area (Å²) in [6.45, 7) is 2.01. The fourth-order valence-corrected chi connectivity index (χ4v) is 3.39. The minimum absolute atomic E-state index is 0.0166. The monoisotopic (exact) mass is 353 g/mol. The third-order valence-corrected chi connectivity index (χ3v) is 4.84. The molecule has 0 radical (unpaired) electrons. The molecular weight excluding hydrogens is 326 g/mol. The zero-order valence-corrected chi connectivity index (χ0v) is 15.6. The van der Waals surface area contributed by atoms with E-state index in [-0.39, 0.29) is 5.91 Å². The van der Waals surface area contributed by atoms with E-state index in [1.54, 1.807) is 7.11 Å². The summed E-state index contributed by atoms with van der Waals surface area (Å²) in [5, 5.41) is 2.95. The lowest BCUT2D eigenvalue weighted by molar-refractivity contribution is -0.116. The Bertz CT molecular complexity index is 734. The van der Waals surface area contributed by atoms with Crippen molar-refractivity contribution in [2.45, 2.75) is 51.6 Å². The number of nitrogens with one attached hydrogen (secondary N) is 1. The maximum absolute atomic E-state index is 12.2. The molecule has 1 N–H and O–H groups in total. The van der Waals surface area contributed by atoms with Crippen LogP contribution in [0.2, 0.25) is 0 Å². The highest BCUT2D eigenvalue weighted by atomic mass is 16.5. The Kier molecular flexibility index (Phi) is 6.16. The maximum atomic E-state index is 12.2. The topological polar surface area (TPSA) is 47.6 Å². The van der Waals surface area contributed by atoms with Crippen LogP contribution in [-0.2, 0) is 11.2 Å².